The van der Waals surface area contributed by atoms with E-state index in [4.69, 9.17) is 19.2 Å². The van der Waals surface area contributed by atoms with E-state index in [-0.39, 0.29) is 24.3 Å². The van der Waals surface area contributed by atoms with Crippen LogP contribution in [0.5, 0.6) is 5.75 Å². The predicted octanol–water partition coefficient (Wildman–Crippen LogP) is 5.87. The lowest BCUT2D eigenvalue weighted by molar-refractivity contribution is -0.0357. The summed E-state index contributed by atoms with van der Waals surface area (Å²) in [6, 6.07) is 3.95. The SMILES string of the molecule is COC(=O)N1c2ccc(-c3csc(C4(O)CCN(C(=O)OC(C)(C)C)CC4)n3)c(OC3CCC3)c2CCC1C. The molecular formula is C29H39N3O6S. The summed E-state index contributed by atoms with van der Waals surface area (Å²) in [5.74, 6) is 0.779. The van der Waals surface area contributed by atoms with Crippen molar-refractivity contribution in [1.82, 2.24) is 9.88 Å². The lowest BCUT2D eigenvalue weighted by Crippen LogP contribution is -2.46. The standard InChI is InChI=1S/C29H39N3O6S/c1-18-9-10-21-23(32(18)27(34)36-5)12-11-20(24(21)37-19-7-6-8-19)22-17-39-25(30-22)29(35)13-15-31(16-14-29)26(33)38-28(2,3)4/h11-12,17-19,35H,6-10,13-16H2,1-5H3. The third-order valence-electron chi connectivity index (χ3n) is 7.88. The van der Waals surface area contributed by atoms with E-state index >= 15 is 0 Å². The lowest BCUT2D eigenvalue weighted by atomic mass is 9.91. The average Bonchev–Trinajstić information content (AvgIpc) is 3.36. The van der Waals surface area contributed by atoms with Gasteiger partial charge in [0, 0.05) is 48.5 Å². The zero-order chi connectivity index (χ0) is 27.9. The van der Waals surface area contributed by atoms with Crippen LogP contribution in [0, 0.1) is 0 Å². The molecule has 2 aliphatic heterocycles. The second kappa shape index (κ2) is 10.6. The average molecular weight is 558 g/mol. The minimum Gasteiger partial charge on any atom is -0.489 e. The molecule has 10 heteroatoms. The molecule has 9 nitrogen and oxygen atoms in total. The van der Waals surface area contributed by atoms with E-state index < -0.39 is 11.2 Å². The minimum absolute atomic E-state index is 0.0269. The van der Waals surface area contributed by atoms with E-state index in [2.05, 4.69) is 0 Å². The molecule has 1 saturated heterocycles. The van der Waals surface area contributed by atoms with Crippen molar-refractivity contribution in [1.29, 1.82) is 0 Å². The predicted molar refractivity (Wildman–Crippen MR) is 149 cm³/mol. The molecule has 1 aliphatic carbocycles. The molecule has 1 unspecified atom stereocenters. The van der Waals surface area contributed by atoms with E-state index in [0.29, 0.717) is 30.9 Å². The van der Waals surface area contributed by atoms with Gasteiger partial charge in [-0.25, -0.2) is 14.6 Å². The number of hydrogen-bond donors (Lipinski definition) is 1. The van der Waals surface area contributed by atoms with Gasteiger partial charge in [-0.2, -0.15) is 0 Å². The first-order valence-corrected chi connectivity index (χ1v) is 14.7. The van der Waals surface area contributed by atoms with Crippen LogP contribution in [0.1, 0.15) is 76.8 Å². The Hall–Kier alpha value is -2.85. The second-order valence-corrected chi connectivity index (χ2v) is 12.7. The largest absolute Gasteiger partial charge is 0.489 e. The molecule has 5 rings (SSSR count). The molecule has 1 aromatic carbocycles. The fourth-order valence-corrected chi connectivity index (χ4v) is 6.36. The number of aromatic nitrogens is 1. The number of likely N-dealkylation sites (tertiary alicyclic amines) is 1. The summed E-state index contributed by atoms with van der Waals surface area (Å²) in [5, 5.41) is 14.1. The number of methoxy groups -OCH3 is 1. The van der Waals surface area contributed by atoms with E-state index in [1.807, 2.05) is 45.2 Å². The molecule has 212 valence electrons. The van der Waals surface area contributed by atoms with Gasteiger partial charge in [-0.15, -0.1) is 11.3 Å². The first kappa shape index (κ1) is 27.7. The number of amides is 2. The highest BCUT2D eigenvalue weighted by Gasteiger charge is 2.40. The molecule has 3 heterocycles. The molecule has 1 atom stereocenters. The van der Waals surface area contributed by atoms with Crippen LogP contribution in [0.3, 0.4) is 0 Å². The monoisotopic (exact) mass is 557 g/mol. The normalized spacial score (nSPS) is 21.1. The van der Waals surface area contributed by atoms with Crippen LogP contribution in [0.4, 0.5) is 15.3 Å². The summed E-state index contributed by atoms with van der Waals surface area (Å²) in [7, 11) is 1.41. The Labute approximate surface area is 234 Å². The minimum atomic E-state index is -1.11. The van der Waals surface area contributed by atoms with Crippen molar-refractivity contribution in [3.63, 3.8) is 0 Å². The zero-order valence-electron chi connectivity index (χ0n) is 23.5. The number of ether oxygens (including phenoxy) is 3. The van der Waals surface area contributed by atoms with Crippen LogP contribution in [0.25, 0.3) is 11.3 Å². The number of aliphatic hydroxyl groups is 1. The van der Waals surface area contributed by atoms with Gasteiger partial charge in [0.2, 0.25) is 0 Å². The highest BCUT2D eigenvalue weighted by molar-refractivity contribution is 7.10. The Kier molecular flexibility index (Phi) is 7.54. The van der Waals surface area contributed by atoms with Crippen LogP contribution < -0.4 is 9.64 Å². The summed E-state index contributed by atoms with van der Waals surface area (Å²) >= 11 is 1.43. The molecule has 1 N–H and O–H groups in total. The number of anilines is 1. The van der Waals surface area contributed by atoms with Gasteiger partial charge in [0.05, 0.1) is 24.6 Å². The highest BCUT2D eigenvalue weighted by atomic mass is 32.1. The molecule has 0 spiro atoms. The Balaban J connectivity index is 1.42. The van der Waals surface area contributed by atoms with E-state index in [1.165, 1.54) is 18.4 Å². The number of rotatable bonds is 4. The van der Waals surface area contributed by atoms with Gasteiger partial charge >= 0.3 is 12.2 Å². The maximum atomic E-state index is 12.6. The van der Waals surface area contributed by atoms with Gasteiger partial charge in [-0.3, -0.25) is 4.90 Å². The molecule has 39 heavy (non-hydrogen) atoms. The van der Waals surface area contributed by atoms with Gasteiger partial charge in [0.1, 0.15) is 22.0 Å². The summed E-state index contributed by atoms with van der Waals surface area (Å²) in [6.45, 7) is 8.37. The number of thiazole rings is 1. The summed E-state index contributed by atoms with van der Waals surface area (Å²) in [5.41, 5.74) is 1.77. The van der Waals surface area contributed by atoms with Gasteiger partial charge < -0.3 is 24.2 Å². The number of piperidine rings is 1. The second-order valence-electron chi connectivity index (χ2n) is 11.9. The summed E-state index contributed by atoms with van der Waals surface area (Å²) in [4.78, 5) is 33.4. The number of benzene rings is 1. The smallest absolute Gasteiger partial charge is 0.414 e. The molecule has 2 fully saturated rings. The maximum Gasteiger partial charge on any atom is 0.414 e. The van der Waals surface area contributed by atoms with E-state index in [0.717, 1.165) is 60.4 Å². The van der Waals surface area contributed by atoms with Crippen molar-refractivity contribution < 1.29 is 28.9 Å². The van der Waals surface area contributed by atoms with Crippen LogP contribution in [0.2, 0.25) is 0 Å². The Bertz CT molecular complexity index is 1230. The fraction of sp³-hybridized carbons (Fsp3) is 0.621. The Morgan fingerprint density at radius 1 is 1.13 bits per heavy atom. The van der Waals surface area contributed by atoms with Gasteiger partial charge in [-0.05, 0) is 71.9 Å². The molecular weight excluding hydrogens is 518 g/mol. The maximum absolute atomic E-state index is 12.6. The third-order valence-corrected chi connectivity index (χ3v) is 8.91. The van der Waals surface area contributed by atoms with E-state index in [9.17, 15) is 14.7 Å². The van der Waals surface area contributed by atoms with Crippen molar-refractivity contribution in [3.8, 4) is 17.0 Å². The van der Waals surface area contributed by atoms with Crippen molar-refractivity contribution in [2.24, 2.45) is 0 Å². The molecule has 2 aromatic rings. The fourth-order valence-electron chi connectivity index (χ4n) is 5.38. The molecule has 0 radical (unpaired) electrons. The lowest BCUT2D eigenvalue weighted by Gasteiger charge is -2.37. The van der Waals surface area contributed by atoms with Crippen molar-refractivity contribution in [2.45, 2.75) is 96.0 Å². The summed E-state index contributed by atoms with van der Waals surface area (Å²) < 4.78 is 17.1. The quantitative estimate of drug-likeness (QED) is 0.502. The van der Waals surface area contributed by atoms with Crippen LogP contribution >= 0.6 is 11.3 Å². The highest BCUT2D eigenvalue weighted by Crippen LogP contribution is 2.46. The first-order valence-electron chi connectivity index (χ1n) is 13.9. The third kappa shape index (κ3) is 5.59. The molecule has 0 bridgehead atoms. The van der Waals surface area contributed by atoms with Crippen LogP contribution in [-0.4, -0.2) is 65.1 Å². The Morgan fingerprint density at radius 2 is 1.85 bits per heavy atom. The van der Waals surface area contributed by atoms with Crippen molar-refractivity contribution in [2.75, 3.05) is 25.1 Å². The molecule has 3 aliphatic rings. The zero-order valence-corrected chi connectivity index (χ0v) is 24.3. The summed E-state index contributed by atoms with van der Waals surface area (Å²) in [6.07, 6.45) is 4.97. The molecule has 2 amide bonds. The number of carbonyl (C=O) groups is 2. The van der Waals surface area contributed by atoms with E-state index in [1.54, 1.807) is 9.80 Å². The molecule has 1 aromatic heterocycles. The van der Waals surface area contributed by atoms with Gasteiger partial charge in [-0.1, -0.05) is 0 Å². The van der Waals surface area contributed by atoms with Crippen LogP contribution in [-0.2, 0) is 21.5 Å². The van der Waals surface area contributed by atoms with Crippen molar-refractivity contribution >= 4 is 29.2 Å². The number of nitrogens with zero attached hydrogens (tertiary/aromatic N) is 3. The molecule has 1 saturated carbocycles. The van der Waals surface area contributed by atoms with Crippen LogP contribution in [0.15, 0.2) is 17.5 Å². The Morgan fingerprint density at radius 3 is 2.46 bits per heavy atom. The van der Waals surface area contributed by atoms with Gasteiger partial charge in [0.15, 0.2) is 0 Å². The first-order chi connectivity index (χ1) is 18.5. The topological polar surface area (TPSA) is 101 Å². The van der Waals surface area contributed by atoms with Crippen molar-refractivity contribution in [3.05, 3.63) is 28.1 Å². The van der Waals surface area contributed by atoms with Gasteiger partial charge in [0.25, 0.3) is 0 Å². The number of hydrogen-bond acceptors (Lipinski definition) is 8. The number of carbonyl (C=O) groups excluding carboxylic acids is 2. The number of fused-ring (bicyclic) bond motifs is 1.